The minimum Gasteiger partial charge on any atom is -0.493 e. The van der Waals surface area contributed by atoms with Gasteiger partial charge >= 0.3 is 0 Å². The highest BCUT2D eigenvalue weighted by molar-refractivity contribution is 9.10. The molecular formula is C23H22BrClN4O3S. The molecule has 0 radical (unpaired) electrons. The number of hydrogen-bond donors (Lipinski definition) is 1. The first-order valence-electron chi connectivity index (χ1n) is 9.86. The fraction of sp³-hybridized carbons (Fsp3) is 0.217. The zero-order valence-electron chi connectivity index (χ0n) is 18.3. The van der Waals surface area contributed by atoms with E-state index in [1.807, 2.05) is 44.2 Å². The predicted molar refractivity (Wildman–Crippen MR) is 134 cm³/mol. The van der Waals surface area contributed by atoms with Crippen LogP contribution in [0.15, 0.2) is 57.2 Å². The molecule has 0 unspecified atom stereocenters. The lowest BCUT2D eigenvalue weighted by Gasteiger charge is -2.13. The molecule has 172 valence electrons. The van der Waals surface area contributed by atoms with Gasteiger partial charge in [-0.05, 0) is 65.7 Å². The molecule has 2 aromatic carbocycles. The molecule has 3 aromatic rings. The number of benzene rings is 2. The van der Waals surface area contributed by atoms with Crippen molar-refractivity contribution in [1.82, 2.24) is 15.4 Å². The van der Waals surface area contributed by atoms with Crippen molar-refractivity contribution in [3.63, 3.8) is 0 Å². The summed E-state index contributed by atoms with van der Waals surface area (Å²) < 4.78 is 12.1. The van der Waals surface area contributed by atoms with E-state index in [0.29, 0.717) is 28.3 Å². The normalized spacial score (nSPS) is 10.9. The largest absolute Gasteiger partial charge is 0.493 e. The fourth-order valence-electron chi connectivity index (χ4n) is 2.76. The average molecular weight is 550 g/mol. The van der Waals surface area contributed by atoms with Gasteiger partial charge in [-0.25, -0.2) is 15.4 Å². The molecule has 1 aromatic heterocycles. The molecule has 33 heavy (non-hydrogen) atoms. The summed E-state index contributed by atoms with van der Waals surface area (Å²) >= 11 is 10.7. The first-order valence-corrected chi connectivity index (χ1v) is 12.0. The summed E-state index contributed by atoms with van der Waals surface area (Å²) in [7, 11) is 1.56. The average Bonchev–Trinajstić information content (AvgIpc) is 2.78. The molecule has 0 saturated heterocycles. The molecule has 0 saturated carbocycles. The molecule has 3 rings (SSSR count). The van der Waals surface area contributed by atoms with Crippen LogP contribution in [0.4, 0.5) is 0 Å². The second-order valence-corrected chi connectivity index (χ2v) is 9.19. The Morgan fingerprint density at radius 3 is 2.52 bits per heavy atom. The van der Waals surface area contributed by atoms with Crippen LogP contribution in [0.2, 0.25) is 5.02 Å². The van der Waals surface area contributed by atoms with Crippen LogP contribution in [0.25, 0.3) is 0 Å². The van der Waals surface area contributed by atoms with Crippen LogP contribution in [-0.2, 0) is 11.4 Å². The van der Waals surface area contributed by atoms with Crippen LogP contribution in [0.5, 0.6) is 11.5 Å². The topological polar surface area (TPSA) is 85.7 Å². The number of ether oxygens (including phenoxy) is 2. The maximum absolute atomic E-state index is 12.1. The summed E-state index contributed by atoms with van der Waals surface area (Å²) in [6.45, 7) is 4.15. The third kappa shape index (κ3) is 7.73. The third-order valence-electron chi connectivity index (χ3n) is 4.28. The van der Waals surface area contributed by atoms with Crippen molar-refractivity contribution in [2.45, 2.75) is 25.6 Å². The van der Waals surface area contributed by atoms with E-state index in [2.05, 4.69) is 36.4 Å². The summed E-state index contributed by atoms with van der Waals surface area (Å²) in [6, 6.07) is 12.9. The van der Waals surface area contributed by atoms with Crippen LogP contribution in [0, 0.1) is 13.8 Å². The lowest BCUT2D eigenvalue weighted by Crippen LogP contribution is -2.19. The highest BCUT2D eigenvalue weighted by Gasteiger charge is 2.10. The number of amides is 1. The van der Waals surface area contributed by atoms with Gasteiger partial charge in [0.25, 0.3) is 5.91 Å². The molecule has 0 atom stereocenters. The number of nitrogens with one attached hydrogen (secondary N) is 1. The standard InChI is InChI=1S/C23H22BrClN4O3S/c1-14-8-15(2)28-23(27-14)33-13-22(30)29-26-11-17-9-20(31-3)21(10-19(17)24)32-12-16-4-6-18(25)7-5-16/h4-11H,12-13H2,1-3H3,(H,29,30)/b26-11-. The number of methoxy groups -OCH3 is 1. The summed E-state index contributed by atoms with van der Waals surface area (Å²) in [5, 5.41) is 5.28. The van der Waals surface area contributed by atoms with Crippen LogP contribution < -0.4 is 14.9 Å². The number of halogens is 2. The van der Waals surface area contributed by atoms with E-state index in [9.17, 15) is 4.79 Å². The SMILES string of the molecule is COc1cc(/C=N\NC(=O)CSc2nc(C)cc(C)n2)c(Br)cc1OCc1ccc(Cl)cc1. The van der Waals surface area contributed by atoms with Gasteiger partial charge in [-0.3, -0.25) is 4.79 Å². The highest BCUT2D eigenvalue weighted by Crippen LogP contribution is 2.33. The number of hydrazone groups is 1. The van der Waals surface area contributed by atoms with E-state index in [1.165, 1.54) is 18.0 Å². The van der Waals surface area contributed by atoms with Crippen LogP contribution in [0.1, 0.15) is 22.5 Å². The van der Waals surface area contributed by atoms with Gasteiger partial charge in [0.2, 0.25) is 0 Å². The Hall–Kier alpha value is -2.62. The molecule has 0 spiro atoms. The first kappa shape index (κ1) is 25.0. The molecule has 0 fully saturated rings. The molecule has 0 aliphatic rings. The zero-order valence-corrected chi connectivity index (χ0v) is 21.4. The molecular weight excluding hydrogens is 528 g/mol. The summed E-state index contributed by atoms with van der Waals surface area (Å²) in [5.74, 6) is 1.01. The lowest BCUT2D eigenvalue weighted by atomic mass is 10.2. The van der Waals surface area contributed by atoms with Gasteiger partial charge in [-0.2, -0.15) is 5.10 Å². The van der Waals surface area contributed by atoms with Crippen molar-refractivity contribution in [3.05, 3.63) is 74.5 Å². The summed E-state index contributed by atoms with van der Waals surface area (Å²) in [6.07, 6.45) is 1.53. The monoisotopic (exact) mass is 548 g/mol. The highest BCUT2D eigenvalue weighted by atomic mass is 79.9. The Morgan fingerprint density at radius 1 is 1.15 bits per heavy atom. The Morgan fingerprint density at radius 2 is 1.85 bits per heavy atom. The van der Waals surface area contributed by atoms with Gasteiger partial charge < -0.3 is 9.47 Å². The van der Waals surface area contributed by atoms with Crippen LogP contribution in [0.3, 0.4) is 0 Å². The van der Waals surface area contributed by atoms with Gasteiger partial charge in [0.05, 0.1) is 19.1 Å². The van der Waals surface area contributed by atoms with Gasteiger partial charge in [0.15, 0.2) is 16.7 Å². The van der Waals surface area contributed by atoms with Crippen molar-refractivity contribution in [3.8, 4) is 11.5 Å². The minimum absolute atomic E-state index is 0.155. The Labute approximate surface area is 210 Å². The molecule has 1 N–H and O–H groups in total. The molecule has 0 aliphatic heterocycles. The summed E-state index contributed by atoms with van der Waals surface area (Å²) in [5.41, 5.74) is 5.94. The molecule has 1 amide bonds. The Balaban J connectivity index is 1.58. The molecule has 7 nitrogen and oxygen atoms in total. The number of carbonyl (C=O) groups excluding carboxylic acids is 1. The van der Waals surface area contributed by atoms with Crippen molar-refractivity contribution < 1.29 is 14.3 Å². The number of rotatable bonds is 9. The number of aryl methyl sites for hydroxylation is 2. The number of thioether (sulfide) groups is 1. The van der Waals surface area contributed by atoms with Crippen molar-refractivity contribution in [2.24, 2.45) is 5.10 Å². The van der Waals surface area contributed by atoms with E-state index in [-0.39, 0.29) is 11.7 Å². The number of aromatic nitrogens is 2. The lowest BCUT2D eigenvalue weighted by molar-refractivity contribution is -0.118. The van der Waals surface area contributed by atoms with Gasteiger partial charge in [0.1, 0.15) is 6.61 Å². The van der Waals surface area contributed by atoms with E-state index in [0.717, 1.165) is 27.0 Å². The smallest absolute Gasteiger partial charge is 0.250 e. The maximum Gasteiger partial charge on any atom is 0.250 e. The second kappa shape index (κ2) is 12.0. The van der Waals surface area contributed by atoms with Gasteiger partial charge in [-0.15, -0.1) is 0 Å². The first-order chi connectivity index (χ1) is 15.8. The van der Waals surface area contributed by atoms with Crippen molar-refractivity contribution in [2.75, 3.05) is 12.9 Å². The van der Waals surface area contributed by atoms with E-state index in [1.54, 1.807) is 19.2 Å². The zero-order chi connectivity index (χ0) is 23.8. The Bertz CT molecular complexity index is 1140. The van der Waals surface area contributed by atoms with Gasteiger partial charge in [-0.1, -0.05) is 35.5 Å². The third-order valence-corrected chi connectivity index (χ3v) is 6.06. The van der Waals surface area contributed by atoms with E-state index in [4.69, 9.17) is 21.1 Å². The van der Waals surface area contributed by atoms with Crippen molar-refractivity contribution >= 4 is 51.4 Å². The molecule has 0 bridgehead atoms. The van der Waals surface area contributed by atoms with Crippen molar-refractivity contribution in [1.29, 1.82) is 0 Å². The number of carbonyl (C=O) groups is 1. The molecule has 1 heterocycles. The van der Waals surface area contributed by atoms with E-state index < -0.39 is 0 Å². The fourth-order valence-corrected chi connectivity index (χ4v) is 4.05. The van der Waals surface area contributed by atoms with Gasteiger partial charge in [0, 0.05) is 26.4 Å². The number of hydrogen-bond acceptors (Lipinski definition) is 7. The van der Waals surface area contributed by atoms with Crippen LogP contribution >= 0.6 is 39.3 Å². The second-order valence-electron chi connectivity index (χ2n) is 6.95. The quantitative estimate of drug-likeness (QED) is 0.168. The Kier molecular flexibility index (Phi) is 9.11. The summed E-state index contributed by atoms with van der Waals surface area (Å²) in [4.78, 5) is 20.7. The maximum atomic E-state index is 12.1. The van der Waals surface area contributed by atoms with Crippen LogP contribution in [-0.4, -0.2) is 35.0 Å². The minimum atomic E-state index is -0.259. The molecule has 10 heteroatoms. The van der Waals surface area contributed by atoms with E-state index >= 15 is 0 Å². The predicted octanol–water partition coefficient (Wildman–Crippen LogP) is 5.34. The molecule has 0 aliphatic carbocycles. The number of nitrogens with zero attached hydrogens (tertiary/aromatic N) is 3.